The van der Waals surface area contributed by atoms with Crippen LogP contribution in [0.2, 0.25) is 0 Å². The molecule has 3 rings (SSSR count). The van der Waals surface area contributed by atoms with Crippen LogP contribution in [0.25, 0.3) is 0 Å². The Morgan fingerprint density at radius 1 is 1.24 bits per heavy atom. The van der Waals surface area contributed by atoms with Gasteiger partial charge in [0, 0.05) is 12.1 Å². The molecule has 1 saturated carbocycles. The van der Waals surface area contributed by atoms with Gasteiger partial charge in [0.25, 0.3) is 0 Å². The van der Waals surface area contributed by atoms with Gasteiger partial charge in [0.2, 0.25) is 5.91 Å². The number of carbonyl (C=O) groups excluding carboxylic acids is 2. The van der Waals surface area contributed by atoms with Crippen molar-refractivity contribution in [3.63, 3.8) is 0 Å². The standard InChI is InChI=1S/C22H31FN2O4/c1-14-9-15(3-8-20(14)24)10-21(26)25-12-17(23)11-18(25)13-29-19-6-4-16(5-7-19)22(27)28-2/h3,8-9,16-19H,4-7,10-13,24H2,1-2H3/t16?,17-,18-,19?/m0/s1. The van der Waals surface area contributed by atoms with E-state index >= 15 is 0 Å². The molecule has 1 amide bonds. The van der Waals surface area contributed by atoms with E-state index in [4.69, 9.17) is 15.2 Å². The van der Waals surface area contributed by atoms with Gasteiger partial charge in [-0.25, -0.2) is 4.39 Å². The highest BCUT2D eigenvalue weighted by Crippen LogP contribution is 2.29. The third-order valence-electron chi connectivity index (χ3n) is 6.11. The van der Waals surface area contributed by atoms with Crippen LogP contribution in [0.1, 0.15) is 43.2 Å². The number of ether oxygens (including phenoxy) is 2. The van der Waals surface area contributed by atoms with E-state index in [-0.39, 0.29) is 42.9 Å². The molecule has 1 aliphatic carbocycles. The van der Waals surface area contributed by atoms with Gasteiger partial charge >= 0.3 is 5.97 Å². The number of nitrogens with zero attached hydrogens (tertiary/aromatic N) is 1. The number of methoxy groups -OCH3 is 1. The Kier molecular flexibility index (Phi) is 7.11. The van der Waals surface area contributed by atoms with Crippen molar-refractivity contribution in [2.75, 3.05) is 26.0 Å². The van der Waals surface area contributed by atoms with Crippen LogP contribution in [-0.2, 0) is 25.5 Å². The number of benzene rings is 1. The average molecular weight is 406 g/mol. The minimum Gasteiger partial charge on any atom is -0.469 e. The van der Waals surface area contributed by atoms with Crippen LogP contribution in [0.3, 0.4) is 0 Å². The van der Waals surface area contributed by atoms with Crippen LogP contribution in [0.15, 0.2) is 18.2 Å². The molecule has 29 heavy (non-hydrogen) atoms. The van der Waals surface area contributed by atoms with Crippen molar-refractivity contribution in [2.45, 2.75) is 63.8 Å². The third kappa shape index (κ3) is 5.47. The monoisotopic (exact) mass is 406 g/mol. The summed E-state index contributed by atoms with van der Waals surface area (Å²) in [5.74, 6) is -0.297. The number of hydrogen-bond acceptors (Lipinski definition) is 5. The van der Waals surface area contributed by atoms with Crippen molar-refractivity contribution in [1.82, 2.24) is 4.90 Å². The fourth-order valence-electron chi connectivity index (χ4n) is 4.33. The van der Waals surface area contributed by atoms with Gasteiger partial charge in [0.1, 0.15) is 6.17 Å². The van der Waals surface area contributed by atoms with Gasteiger partial charge in [-0.3, -0.25) is 9.59 Å². The molecule has 6 nitrogen and oxygen atoms in total. The normalized spacial score (nSPS) is 27.1. The minimum atomic E-state index is -1.02. The first-order valence-electron chi connectivity index (χ1n) is 10.3. The van der Waals surface area contributed by atoms with Crippen LogP contribution in [0, 0.1) is 12.8 Å². The summed E-state index contributed by atoms with van der Waals surface area (Å²) in [5.41, 5.74) is 8.34. The van der Waals surface area contributed by atoms with Gasteiger partial charge in [-0.1, -0.05) is 12.1 Å². The first-order valence-corrected chi connectivity index (χ1v) is 10.3. The lowest BCUT2D eigenvalue weighted by atomic mass is 9.87. The second-order valence-corrected chi connectivity index (χ2v) is 8.23. The number of hydrogen-bond donors (Lipinski definition) is 1. The lowest BCUT2D eigenvalue weighted by Crippen LogP contribution is -2.40. The lowest BCUT2D eigenvalue weighted by Gasteiger charge is -2.30. The number of carbonyl (C=O) groups is 2. The predicted molar refractivity (Wildman–Crippen MR) is 108 cm³/mol. The van der Waals surface area contributed by atoms with Crippen molar-refractivity contribution >= 4 is 17.6 Å². The Hall–Kier alpha value is -2.15. The van der Waals surface area contributed by atoms with Gasteiger partial charge in [-0.05, 0) is 49.8 Å². The van der Waals surface area contributed by atoms with Gasteiger partial charge in [0.15, 0.2) is 0 Å². The highest BCUT2D eigenvalue weighted by Gasteiger charge is 2.36. The molecule has 7 heteroatoms. The first kappa shape index (κ1) is 21.6. The minimum absolute atomic E-state index is 0.0475. The molecule has 0 radical (unpaired) electrons. The molecule has 1 aromatic carbocycles. The number of nitrogens with two attached hydrogens (primary N) is 1. The van der Waals surface area contributed by atoms with E-state index in [9.17, 15) is 14.0 Å². The number of esters is 1. The highest BCUT2D eigenvalue weighted by molar-refractivity contribution is 5.79. The van der Waals surface area contributed by atoms with E-state index in [0.717, 1.165) is 36.8 Å². The molecule has 2 fully saturated rings. The first-order chi connectivity index (χ1) is 13.9. The molecular weight excluding hydrogens is 375 g/mol. The summed E-state index contributed by atoms with van der Waals surface area (Å²) in [4.78, 5) is 26.0. The molecule has 0 bridgehead atoms. The van der Waals surface area contributed by atoms with Crippen molar-refractivity contribution in [2.24, 2.45) is 5.92 Å². The van der Waals surface area contributed by atoms with Crippen molar-refractivity contribution in [3.8, 4) is 0 Å². The number of aryl methyl sites for hydroxylation is 1. The fourth-order valence-corrected chi connectivity index (χ4v) is 4.33. The summed E-state index contributed by atoms with van der Waals surface area (Å²) in [6.45, 7) is 2.36. The molecule has 1 saturated heterocycles. The molecule has 0 unspecified atom stereocenters. The van der Waals surface area contributed by atoms with E-state index < -0.39 is 6.17 Å². The molecule has 2 aliphatic rings. The van der Waals surface area contributed by atoms with Crippen molar-refractivity contribution in [1.29, 1.82) is 0 Å². The predicted octanol–water partition coefficient (Wildman–Crippen LogP) is 2.81. The van der Waals surface area contributed by atoms with Crippen LogP contribution < -0.4 is 5.73 Å². The highest BCUT2D eigenvalue weighted by atomic mass is 19.1. The number of amides is 1. The molecule has 0 spiro atoms. The summed E-state index contributed by atoms with van der Waals surface area (Å²) < 4.78 is 24.9. The van der Waals surface area contributed by atoms with E-state index in [0.29, 0.717) is 18.7 Å². The van der Waals surface area contributed by atoms with Crippen LogP contribution in [0.4, 0.5) is 10.1 Å². The summed E-state index contributed by atoms with van der Waals surface area (Å²) in [6, 6.07) is 5.30. The Bertz CT molecular complexity index is 734. The zero-order chi connectivity index (χ0) is 21.0. The van der Waals surface area contributed by atoms with Crippen LogP contribution in [-0.4, -0.2) is 55.4 Å². The number of halogens is 1. The SMILES string of the molecule is COC(=O)C1CCC(OC[C@@H]2C[C@H](F)CN2C(=O)Cc2ccc(N)c(C)c2)CC1. The molecule has 1 aliphatic heterocycles. The maximum atomic E-state index is 14.1. The topological polar surface area (TPSA) is 81.9 Å². The second-order valence-electron chi connectivity index (χ2n) is 8.23. The molecule has 1 heterocycles. The summed E-state index contributed by atoms with van der Waals surface area (Å²) in [6.07, 6.45) is 2.62. The average Bonchev–Trinajstić information content (AvgIpc) is 3.09. The Balaban J connectivity index is 1.51. The van der Waals surface area contributed by atoms with Gasteiger partial charge < -0.3 is 20.1 Å². The smallest absolute Gasteiger partial charge is 0.308 e. The van der Waals surface area contributed by atoms with E-state index in [1.807, 2.05) is 19.1 Å². The maximum absolute atomic E-state index is 14.1. The Morgan fingerprint density at radius 2 is 1.97 bits per heavy atom. The molecule has 1 aromatic rings. The number of likely N-dealkylation sites (tertiary alicyclic amines) is 1. The molecule has 160 valence electrons. The number of alkyl halides is 1. The molecule has 2 N–H and O–H groups in total. The van der Waals surface area contributed by atoms with Gasteiger partial charge in [-0.15, -0.1) is 0 Å². The van der Waals surface area contributed by atoms with Gasteiger partial charge in [0.05, 0.1) is 44.7 Å². The quantitative estimate of drug-likeness (QED) is 0.580. The van der Waals surface area contributed by atoms with E-state index in [2.05, 4.69) is 0 Å². The Morgan fingerprint density at radius 3 is 2.62 bits per heavy atom. The largest absolute Gasteiger partial charge is 0.469 e. The van der Waals surface area contributed by atoms with Crippen LogP contribution >= 0.6 is 0 Å². The number of nitrogen functional groups attached to an aromatic ring is 1. The summed E-state index contributed by atoms with van der Waals surface area (Å²) in [7, 11) is 1.41. The zero-order valence-corrected chi connectivity index (χ0v) is 17.2. The third-order valence-corrected chi connectivity index (χ3v) is 6.11. The lowest BCUT2D eigenvalue weighted by molar-refractivity contribution is -0.148. The number of rotatable bonds is 6. The molecule has 2 atom stereocenters. The van der Waals surface area contributed by atoms with Gasteiger partial charge in [-0.2, -0.15) is 0 Å². The maximum Gasteiger partial charge on any atom is 0.308 e. The van der Waals surface area contributed by atoms with Crippen molar-refractivity contribution in [3.05, 3.63) is 29.3 Å². The van der Waals surface area contributed by atoms with Crippen LogP contribution in [0.5, 0.6) is 0 Å². The molecular formula is C22H31FN2O4. The fraction of sp³-hybridized carbons (Fsp3) is 0.636. The van der Waals surface area contributed by atoms with E-state index in [1.165, 1.54) is 7.11 Å². The number of anilines is 1. The Labute approximate surface area is 171 Å². The zero-order valence-electron chi connectivity index (χ0n) is 17.2. The van der Waals surface area contributed by atoms with E-state index in [1.54, 1.807) is 11.0 Å². The van der Waals surface area contributed by atoms with Crippen molar-refractivity contribution < 1.29 is 23.5 Å². The molecule has 0 aromatic heterocycles. The summed E-state index contributed by atoms with van der Waals surface area (Å²) in [5, 5.41) is 0. The summed E-state index contributed by atoms with van der Waals surface area (Å²) >= 11 is 0. The second kappa shape index (κ2) is 9.57.